The number of methoxy groups -OCH3 is 1. The van der Waals surface area contributed by atoms with Crippen LogP contribution in [0.15, 0.2) is 30.9 Å². The van der Waals surface area contributed by atoms with Gasteiger partial charge in [-0.25, -0.2) is 9.78 Å². The van der Waals surface area contributed by atoms with Gasteiger partial charge in [-0.15, -0.1) is 0 Å². The summed E-state index contributed by atoms with van der Waals surface area (Å²) in [7, 11) is 1.42. The predicted octanol–water partition coefficient (Wildman–Crippen LogP) is 4.81. The smallest absolute Gasteiger partial charge is 0.342 e. The number of rotatable bonds is 4. The second-order valence-electron chi connectivity index (χ2n) is 9.71. The van der Waals surface area contributed by atoms with Gasteiger partial charge in [-0.2, -0.15) is 5.10 Å². The largest absolute Gasteiger partial charge is 0.465 e. The highest BCUT2D eigenvalue weighted by Gasteiger charge is 2.51. The first-order chi connectivity index (χ1) is 14.5. The predicted molar refractivity (Wildman–Crippen MR) is 121 cm³/mol. The molecule has 0 atom stereocenters. The van der Waals surface area contributed by atoms with Crippen molar-refractivity contribution in [1.29, 1.82) is 0 Å². The number of aromatic nitrogens is 4. The number of carbonyl (C=O) groups excluding carboxylic acids is 1. The van der Waals surface area contributed by atoms with Crippen molar-refractivity contribution in [3.05, 3.63) is 40.1 Å². The van der Waals surface area contributed by atoms with E-state index in [0.717, 1.165) is 39.1 Å². The summed E-state index contributed by atoms with van der Waals surface area (Å²) < 4.78 is 10.1. The van der Waals surface area contributed by atoms with Crippen LogP contribution in [-0.2, 0) is 11.3 Å². The lowest BCUT2D eigenvalue weighted by Crippen LogP contribution is -2.47. The van der Waals surface area contributed by atoms with Gasteiger partial charge in [0, 0.05) is 30.1 Å². The van der Waals surface area contributed by atoms with Gasteiger partial charge in [0.1, 0.15) is 9.26 Å². The molecule has 6 nitrogen and oxygen atoms in total. The van der Waals surface area contributed by atoms with Gasteiger partial charge in [0.25, 0.3) is 0 Å². The minimum absolute atomic E-state index is 0.369. The molecule has 0 N–H and O–H groups in total. The van der Waals surface area contributed by atoms with Crippen molar-refractivity contribution >= 4 is 34.2 Å². The number of carbonyl (C=O) groups is 1. The van der Waals surface area contributed by atoms with Crippen molar-refractivity contribution in [3.8, 4) is 11.1 Å². The fourth-order valence-corrected chi connectivity index (χ4v) is 7.51. The summed E-state index contributed by atoms with van der Waals surface area (Å²) in [6, 6.07) is 1.97. The van der Waals surface area contributed by atoms with E-state index < -0.39 is 0 Å². The van der Waals surface area contributed by atoms with E-state index >= 15 is 0 Å². The van der Waals surface area contributed by atoms with E-state index in [2.05, 4.69) is 38.5 Å². The molecule has 156 valence electrons. The quantitative estimate of drug-likeness (QED) is 0.369. The zero-order valence-electron chi connectivity index (χ0n) is 17.1. The van der Waals surface area contributed by atoms with Crippen LogP contribution in [0.5, 0.6) is 0 Å². The van der Waals surface area contributed by atoms with Crippen LogP contribution >= 0.6 is 22.6 Å². The molecule has 4 bridgehead atoms. The summed E-state index contributed by atoms with van der Waals surface area (Å²) in [5.74, 6) is 2.43. The number of imidazole rings is 1. The van der Waals surface area contributed by atoms with Crippen LogP contribution in [0, 0.1) is 26.9 Å². The number of hydrogen-bond acceptors (Lipinski definition) is 4. The Hall–Kier alpha value is -1.90. The molecule has 3 aromatic heterocycles. The Labute approximate surface area is 189 Å². The van der Waals surface area contributed by atoms with Crippen molar-refractivity contribution in [2.45, 2.75) is 45.1 Å². The average Bonchev–Trinajstić information content (AvgIpc) is 3.32. The first-order valence-corrected chi connectivity index (χ1v) is 11.9. The van der Waals surface area contributed by atoms with Crippen LogP contribution in [0.2, 0.25) is 0 Å². The number of nitrogens with zero attached hydrogens (tertiary/aromatic N) is 4. The molecular weight excluding hydrogens is 491 g/mol. The number of pyridine rings is 1. The van der Waals surface area contributed by atoms with Crippen molar-refractivity contribution in [1.82, 2.24) is 19.2 Å². The van der Waals surface area contributed by atoms with E-state index in [0.29, 0.717) is 16.6 Å². The molecular formula is C23H25IN4O2. The van der Waals surface area contributed by atoms with Crippen LogP contribution in [0.25, 0.3) is 16.8 Å². The number of fused-ring (bicyclic) bond motifs is 1. The third kappa shape index (κ3) is 2.92. The van der Waals surface area contributed by atoms with Crippen molar-refractivity contribution in [2.24, 2.45) is 23.2 Å². The molecule has 4 aliphatic carbocycles. The first-order valence-electron chi connectivity index (χ1n) is 10.8. The molecule has 0 radical (unpaired) electrons. The molecule has 3 heterocycles. The first kappa shape index (κ1) is 18.8. The highest BCUT2D eigenvalue weighted by molar-refractivity contribution is 14.1. The fraction of sp³-hybridized carbons (Fsp3) is 0.522. The van der Waals surface area contributed by atoms with Gasteiger partial charge in [0.05, 0.1) is 19.5 Å². The van der Waals surface area contributed by atoms with Gasteiger partial charge in [-0.05, 0) is 90.4 Å². The van der Waals surface area contributed by atoms with Gasteiger partial charge in [0.15, 0.2) is 5.65 Å². The van der Waals surface area contributed by atoms with Crippen LogP contribution < -0.4 is 0 Å². The Morgan fingerprint density at radius 1 is 1.20 bits per heavy atom. The highest BCUT2D eigenvalue weighted by Crippen LogP contribution is 2.60. The zero-order valence-corrected chi connectivity index (χ0v) is 19.2. The van der Waals surface area contributed by atoms with E-state index in [9.17, 15) is 4.79 Å². The van der Waals surface area contributed by atoms with Crippen LogP contribution in [0.3, 0.4) is 0 Å². The summed E-state index contributed by atoms with van der Waals surface area (Å²) in [5.41, 5.74) is 3.32. The maximum Gasteiger partial charge on any atom is 0.342 e. The fourth-order valence-electron chi connectivity index (χ4n) is 6.98. The summed E-state index contributed by atoms with van der Waals surface area (Å²) >= 11 is 2.22. The van der Waals surface area contributed by atoms with Gasteiger partial charge < -0.3 is 4.74 Å². The minimum Gasteiger partial charge on any atom is -0.465 e. The summed E-state index contributed by atoms with van der Waals surface area (Å²) in [6.07, 6.45) is 16.2. The third-order valence-electron chi connectivity index (χ3n) is 7.63. The monoisotopic (exact) mass is 516 g/mol. The second-order valence-corrected chi connectivity index (χ2v) is 10.8. The Kier molecular flexibility index (Phi) is 4.27. The van der Waals surface area contributed by atoms with Crippen molar-refractivity contribution < 1.29 is 9.53 Å². The molecule has 4 fully saturated rings. The molecule has 4 saturated carbocycles. The molecule has 7 heteroatoms. The SMILES string of the molecule is COC(=O)c1c(-c2cnn(CC34CC5CC(CC(C5)C3)C4)c2)ccn2c(I)cnc12. The lowest BCUT2D eigenvalue weighted by atomic mass is 9.49. The minimum atomic E-state index is -0.369. The van der Waals surface area contributed by atoms with Crippen molar-refractivity contribution in [2.75, 3.05) is 7.11 Å². The van der Waals surface area contributed by atoms with E-state index in [1.807, 2.05) is 22.9 Å². The lowest BCUT2D eigenvalue weighted by molar-refractivity contribution is -0.0635. The normalized spacial score (nSPS) is 29.6. The Morgan fingerprint density at radius 3 is 2.57 bits per heavy atom. The second kappa shape index (κ2) is 6.80. The highest BCUT2D eigenvalue weighted by atomic mass is 127. The maximum atomic E-state index is 12.6. The molecule has 30 heavy (non-hydrogen) atoms. The molecule has 4 aliphatic rings. The maximum absolute atomic E-state index is 12.6. The Bertz CT molecular complexity index is 1110. The molecule has 7 rings (SSSR count). The van der Waals surface area contributed by atoms with Gasteiger partial charge >= 0.3 is 5.97 Å². The van der Waals surface area contributed by atoms with Gasteiger partial charge in [-0.3, -0.25) is 9.08 Å². The number of hydrogen-bond donors (Lipinski definition) is 0. The van der Waals surface area contributed by atoms with E-state index in [1.54, 1.807) is 6.20 Å². The summed E-state index contributed by atoms with van der Waals surface area (Å²) in [4.78, 5) is 17.1. The van der Waals surface area contributed by atoms with Gasteiger partial charge in [0.2, 0.25) is 0 Å². The molecule has 0 aliphatic heterocycles. The molecule has 3 aromatic rings. The standard InChI is InChI=1S/C23H25IN4O2/c1-30-22(29)20-18(2-3-28-19(24)11-25-21(20)28)17-10-26-27(12-17)13-23-7-14-4-15(8-23)6-16(5-14)9-23/h2-3,10-12,14-16H,4-9,13H2,1H3. The van der Waals surface area contributed by atoms with Crippen LogP contribution in [0.1, 0.15) is 48.9 Å². The molecule has 0 aromatic carbocycles. The van der Waals surface area contributed by atoms with Crippen molar-refractivity contribution in [3.63, 3.8) is 0 Å². The van der Waals surface area contributed by atoms with E-state index in [-0.39, 0.29) is 5.97 Å². The number of halogens is 1. The Morgan fingerprint density at radius 2 is 1.90 bits per heavy atom. The molecule has 0 unspecified atom stereocenters. The zero-order chi connectivity index (χ0) is 20.5. The topological polar surface area (TPSA) is 61.4 Å². The number of ether oxygens (including phenoxy) is 1. The lowest BCUT2D eigenvalue weighted by Gasteiger charge is -2.56. The number of esters is 1. The average molecular weight is 516 g/mol. The van der Waals surface area contributed by atoms with E-state index in [1.165, 1.54) is 45.6 Å². The molecule has 0 saturated heterocycles. The summed E-state index contributed by atoms with van der Waals surface area (Å²) in [6.45, 7) is 0.994. The van der Waals surface area contributed by atoms with Crippen LogP contribution in [0.4, 0.5) is 0 Å². The van der Waals surface area contributed by atoms with Crippen LogP contribution in [-0.4, -0.2) is 32.2 Å². The Balaban J connectivity index is 1.35. The molecule has 0 spiro atoms. The van der Waals surface area contributed by atoms with Gasteiger partial charge in [-0.1, -0.05) is 0 Å². The summed E-state index contributed by atoms with van der Waals surface area (Å²) in [5, 5.41) is 4.72. The van der Waals surface area contributed by atoms with E-state index in [4.69, 9.17) is 9.84 Å². The molecule has 0 amide bonds. The third-order valence-corrected chi connectivity index (χ3v) is 8.43.